The molecule has 0 bridgehead atoms. The van der Waals surface area contributed by atoms with E-state index >= 15 is 0 Å². The van der Waals surface area contributed by atoms with E-state index in [2.05, 4.69) is 6.07 Å². The number of anilines is 1. The van der Waals surface area contributed by atoms with E-state index in [1.807, 2.05) is 19.1 Å². The van der Waals surface area contributed by atoms with Crippen molar-refractivity contribution in [2.24, 2.45) is 0 Å². The molecule has 1 unspecified atom stereocenters. The first-order valence-electron chi connectivity index (χ1n) is 10.0. The molecule has 0 aromatic heterocycles. The molecular weight excluding hydrogens is 425 g/mol. The zero-order valence-corrected chi connectivity index (χ0v) is 19.0. The van der Waals surface area contributed by atoms with Gasteiger partial charge in [0.05, 0.1) is 34.4 Å². The summed E-state index contributed by atoms with van der Waals surface area (Å²) in [6.45, 7) is 4.40. The van der Waals surface area contributed by atoms with Crippen molar-refractivity contribution in [3.8, 4) is 5.75 Å². The average Bonchev–Trinajstić information content (AvgIpc) is 2.73. The molecule has 2 N–H and O–H groups in total. The molecule has 5 nitrogen and oxygen atoms in total. The minimum absolute atomic E-state index is 0.0896. The number of methoxy groups -OCH3 is 1. The van der Waals surface area contributed by atoms with Gasteiger partial charge < -0.3 is 19.9 Å². The number of nitrogens with two attached hydrogens (primary N) is 1. The van der Waals surface area contributed by atoms with Crippen LogP contribution >= 0.6 is 23.2 Å². The number of hydrogen-bond donors (Lipinski definition) is 1. The Hall–Kier alpha value is -1.95. The predicted octanol–water partition coefficient (Wildman–Crippen LogP) is 5.44. The number of carbonyl (C=O) groups excluding carboxylic acids is 1. The van der Waals surface area contributed by atoms with Gasteiger partial charge in [0.15, 0.2) is 0 Å². The predicted molar refractivity (Wildman–Crippen MR) is 120 cm³/mol. The normalized spacial score (nSPS) is 19.1. The Balaban J connectivity index is 1.92. The summed E-state index contributed by atoms with van der Waals surface area (Å²) in [5.74, 6) is -0.0832. The highest BCUT2D eigenvalue weighted by atomic mass is 35.5. The number of nitrogen functional groups attached to an aromatic ring is 1. The van der Waals surface area contributed by atoms with Crippen LogP contribution in [0.4, 0.5) is 5.69 Å². The molecule has 0 heterocycles. The molecule has 2 aromatic carbocycles. The Labute approximate surface area is 187 Å². The molecular formula is C23H27Cl2NO4. The van der Waals surface area contributed by atoms with Crippen LogP contribution in [-0.2, 0) is 21.3 Å². The van der Waals surface area contributed by atoms with E-state index < -0.39 is 5.97 Å². The highest BCUT2D eigenvalue weighted by molar-refractivity contribution is 6.34. The minimum Gasteiger partial charge on any atom is -0.490 e. The first-order chi connectivity index (χ1) is 14.3. The second-order valence-corrected chi connectivity index (χ2v) is 8.41. The molecule has 2 atom stereocenters. The Bertz CT molecular complexity index is 934. The Morgan fingerprint density at radius 2 is 2.03 bits per heavy atom. The molecule has 3 rings (SSSR count). The smallest absolute Gasteiger partial charge is 0.339 e. The van der Waals surface area contributed by atoms with Crippen LogP contribution in [0.15, 0.2) is 30.3 Å². The maximum Gasteiger partial charge on any atom is 0.339 e. The molecule has 30 heavy (non-hydrogen) atoms. The van der Waals surface area contributed by atoms with E-state index in [0.717, 1.165) is 24.3 Å². The van der Waals surface area contributed by atoms with Gasteiger partial charge in [-0.15, -0.1) is 0 Å². The van der Waals surface area contributed by atoms with Gasteiger partial charge in [0.1, 0.15) is 12.4 Å². The SMILES string of the molecule is CCOC(=O)c1cc(N)c(OC[C@@]2(C(C)OC)CCCc3cc(Cl)ccc32)cc1Cl. The van der Waals surface area contributed by atoms with Crippen molar-refractivity contribution < 1.29 is 19.0 Å². The quantitative estimate of drug-likeness (QED) is 0.448. The van der Waals surface area contributed by atoms with Crippen molar-refractivity contribution in [2.45, 2.75) is 44.6 Å². The van der Waals surface area contributed by atoms with E-state index in [9.17, 15) is 4.79 Å². The number of esters is 1. The molecule has 0 aliphatic heterocycles. The molecule has 162 valence electrons. The van der Waals surface area contributed by atoms with E-state index in [4.69, 9.17) is 43.1 Å². The number of ether oxygens (including phenoxy) is 3. The van der Waals surface area contributed by atoms with Gasteiger partial charge >= 0.3 is 5.97 Å². The van der Waals surface area contributed by atoms with Crippen LogP contribution in [0.3, 0.4) is 0 Å². The van der Waals surface area contributed by atoms with Crippen LogP contribution < -0.4 is 10.5 Å². The minimum atomic E-state index is -0.511. The molecule has 0 saturated heterocycles. The fourth-order valence-corrected chi connectivity index (χ4v) is 4.59. The molecule has 1 aliphatic rings. The van der Waals surface area contributed by atoms with Crippen molar-refractivity contribution in [1.82, 2.24) is 0 Å². The third-order valence-electron chi connectivity index (χ3n) is 5.88. The summed E-state index contributed by atoms with van der Waals surface area (Å²) in [6.07, 6.45) is 2.79. The summed E-state index contributed by atoms with van der Waals surface area (Å²) in [5, 5.41) is 0.962. The van der Waals surface area contributed by atoms with Gasteiger partial charge in [0, 0.05) is 18.2 Å². The highest BCUT2D eigenvalue weighted by Gasteiger charge is 2.43. The van der Waals surface area contributed by atoms with E-state index in [1.165, 1.54) is 17.2 Å². The lowest BCUT2D eigenvalue weighted by Crippen LogP contribution is -2.46. The maximum absolute atomic E-state index is 12.0. The van der Waals surface area contributed by atoms with Gasteiger partial charge in [0.25, 0.3) is 0 Å². The number of hydrogen-bond acceptors (Lipinski definition) is 5. The van der Waals surface area contributed by atoms with Crippen LogP contribution in [0.2, 0.25) is 10.0 Å². The fraction of sp³-hybridized carbons (Fsp3) is 0.435. The van der Waals surface area contributed by atoms with Crippen LogP contribution in [0.5, 0.6) is 5.75 Å². The van der Waals surface area contributed by atoms with Crippen molar-refractivity contribution in [1.29, 1.82) is 0 Å². The van der Waals surface area contributed by atoms with Crippen molar-refractivity contribution in [3.05, 3.63) is 57.1 Å². The third kappa shape index (κ3) is 4.39. The average molecular weight is 452 g/mol. The second-order valence-electron chi connectivity index (χ2n) is 7.57. The van der Waals surface area contributed by atoms with Gasteiger partial charge in [0.2, 0.25) is 0 Å². The number of benzene rings is 2. The molecule has 0 amide bonds. The van der Waals surface area contributed by atoms with Crippen LogP contribution in [0, 0.1) is 0 Å². The molecule has 2 aromatic rings. The van der Waals surface area contributed by atoms with Gasteiger partial charge in [-0.05, 0) is 62.4 Å². The van der Waals surface area contributed by atoms with Gasteiger partial charge in [-0.25, -0.2) is 4.79 Å². The first kappa shape index (κ1) is 22.7. The summed E-state index contributed by atoms with van der Waals surface area (Å²) in [5.41, 5.74) is 8.76. The lowest BCUT2D eigenvalue weighted by molar-refractivity contribution is 0.0112. The standard InChI is InChI=1S/C23H27Cl2NO4/c1-4-29-22(27)17-11-20(26)21(12-19(17)25)30-13-23(14(2)28-3)9-5-6-15-10-16(24)7-8-18(15)23/h7-8,10-12,14H,4-6,9,13,26H2,1-3H3/t14?,23-/m1/s1. The van der Waals surface area contributed by atoms with Crippen LogP contribution in [0.25, 0.3) is 0 Å². The zero-order valence-electron chi connectivity index (χ0n) is 17.5. The summed E-state index contributed by atoms with van der Waals surface area (Å²) in [7, 11) is 1.70. The Morgan fingerprint density at radius 1 is 1.27 bits per heavy atom. The molecule has 0 spiro atoms. The Morgan fingerprint density at radius 3 is 2.73 bits per heavy atom. The fourth-order valence-electron chi connectivity index (χ4n) is 4.17. The van der Waals surface area contributed by atoms with E-state index in [0.29, 0.717) is 18.0 Å². The first-order valence-corrected chi connectivity index (χ1v) is 10.8. The van der Waals surface area contributed by atoms with Crippen LogP contribution in [-0.4, -0.2) is 32.4 Å². The number of fused-ring (bicyclic) bond motifs is 1. The van der Waals surface area contributed by atoms with Crippen molar-refractivity contribution in [2.75, 3.05) is 26.1 Å². The summed E-state index contributed by atoms with van der Waals surface area (Å²) in [6, 6.07) is 9.06. The lowest BCUT2D eigenvalue weighted by Gasteiger charge is -2.42. The lowest BCUT2D eigenvalue weighted by atomic mass is 9.67. The van der Waals surface area contributed by atoms with Crippen molar-refractivity contribution >= 4 is 34.9 Å². The number of aryl methyl sites for hydroxylation is 1. The molecule has 1 aliphatic carbocycles. The Kier molecular flexibility index (Phi) is 7.17. The largest absolute Gasteiger partial charge is 0.490 e. The van der Waals surface area contributed by atoms with Crippen molar-refractivity contribution in [3.63, 3.8) is 0 Å². The number of rotatable bonds is 7. The third-order valence-corrected chi connectivity index (χ3v) is 6.43. The molecule has 0 radical (unpaired) electrons. The van der Waals surface area contributed by atoms with Crippen LogP contribution in [0.1, 0.15) is 48.2 Å². The zero-order chi connectivity index (χ0) is 21.9. The number of carbonyl (C=O) groups is 1. The summed E-state index contributed by atoms with van der Waals surface area (Å²) >= 11 is 12.5. The second kappa shape index (κ2) is 9.46. The van der Waals surface area contributed by atoms with Gasteiger partial charge in [-0.3, -0.25) is 0 Å². The van der Waals surface area contributed by atoms with Gasteiger partial charge in [-0.2, -0.15) is 0 Å². The summed E-state index contributed by atoms with van der Waals surface area (Å²) < 4.78 is 17.0. The van der Waals surface area contributed by atoms with E-state index in [-0.39, 0.29) is 28.7 Å². The molecule has 0 saturated carbocycles. The maximum atomic E-state index is 12.0. The topological polar surface area (TPSA) is 70.8 Å². The molecule has 0 fully saturated rings. The van der Waals surface area contributed by atoms with Gasteiger partial charge in [-0.1, -0.05) is 29.3 Å². The van der Waals surface area contributed by atoms with E-state index in [1.54, 1.807) is 20.1 Å². The molecule has 7 heteroatoms. The number of halogens is 2. The summed E-state index contributed by atoms with van der Waals surface area (Å²) in [4.78, 5) is 12.0. The monoisotopic (exact) mass is 451 g/mol. The highest BCUT2D eigenvalue weighted by Crippen LogP contribution is 2.43.